The lowest BCUT2D eigenvalue weighted by Crippen LogP contribution is -2.38. The fourth-order valence-electron chi connectivity index (χ4n) is 3.47. The fraction of sp³-hybridized carbons (Fsp3) is 0.208. The van der Waals surface area contributed by atoms with Crippen LogP contribution in [0.2, 0.25) is 0 Å². The highest BCUT2D eigenvalue weighted by atomic mass is 16.5. The van der Waals surface area contributed by atoms with E-state index in [0.717, 1.165) is 27.6 Å². The number of fused-ring (bicyclic) bond motifs is 2. The van der Waals surface area contributed by atoms with E-state index in [0.29, 0.717) is 25.1 Å². The highest BCUT2D eigenvalue weighted by Crippen LogP contribution is 2.23. The second-order valence-corrected chi connectivity index (χ2v) is 7.29. The molecule has 0 radical (unpaired) electrons. The highest BCUT2D eigenvalue weighted by Gasteiger charge is 2.18. The first-order valence-electron chi connectivity index (χ1n) is 10.2. The van der Waals surface area contributed by atoms with Crippen LogP contribution in [0.25, 0.3) is 21.8 Å². The Morgan fingerprint density at radius 1 is 1.10 bits per heavy atom. The molecule has 0 bridgehead atoms. The summed E-state index contributed by atoms with van der Waals surface area (Å²) in [6, 6.07) is 17.3. The maximum absolute atomic E-state index is 12.7. The molecule has 2 heterocycles. The maximum atomic E-state index is 12.7. The van der Waals surface area contributed by atoms with Crippen molar-refractivity contribution in [1.29, 1.82) is 0 Å². The Kier molecular flexibility index (Phi) is 6.12. The molecule has 7 heteroatoms. The number of aromatic nitrogens is 2. The van der Waals surface area contributed by atoms with Gasteiger partial charge in [-0.25, -0.2) is 0 Å². The van der Waals surface area contributed by atoms with Gasteiger partial charge in [0.2, 0.25) is 5.91 Å². The number of benzene rings is 2. The van der Waals surface area contributed by atoms with Crippen molar-refractivity contribution in [2.24, 2.45) is 0 Å². The number of H-pyrrole nitrogens is 1. The molecular weight excluding hydrogens is 392 g/mol. The molecule has 158 valence electrons. The molecule has 0 fully saturated rings. The van der Waals surface area contributed by atoms with Gasteiger partial charge in [-0.3, -0.25) is 14.6 Å². The Morgan fingerprint density at radius 3 is 2.84 bits per heavy atom. The SMILES string of the molecule is CN(CC(=O)NCCCOc1cccc2cccnc12)C(=O)c1c[nH]c2ccccc12. The van der Waals surface area contributed by atoms with Gasteiger partial charge in [-0.15, -0.1) is 0 Å². The topological polar surface area (TPSA) is 87.3 Å². The van der Waals surface area contributed by atoms with Gasteiger partial charge < -0.3 is 19.9 Å². The van der Waals surface area contributed by atoms with Crippen molar-refractivity contribution in [2.45, 2.75) is 6.42 Å². The monoisotopic (exact) mass is 416 g/mol. The van der Waals surface area contributed by atoms with Crippen LogP contribution in [-0.2, 0) is 4.79 Å². The second kappa shape index (κ2) is 9.30. The number of ether oxygens (including phenoxy) is 1. The summed E-state index contributed by atoms with van der Waals surface area (Å²) in [6.45, 7) is 0.915. The minimum absolute atomic E-state index is 0.00750. The molecule has 0 aliphatic carbocycles. The van der Waals surface area contributed by atoms with Gasteiger partial charge >= 0.3 is 0 Å². The molecule has 0 saturated carbocycles. The summed E-state index contributed by atoms with van der Waals surface area (Å²) in [5, 5.41) is 4.71. The lowest BCUT2D eigenvalue weighted by Gasteiger charge is -2.16. The van der Waals surface area contributed by atoms with E-state index in [1.165, 1.54) is 4.90 Å². The summed E-state index contributed by atoms with van der Waals surface area (Å²) in [5.74, 6) is 0.329. The van der Waals surface area contributed by atoms with E-state index in [4.69, 9.17) is 4.74 Å². The van der Waals surface area contributed by atoms with E-state index in [-0.39, 0.29) is 18.4 Å². The van der Waals surface area contributed by atoms with Crippen molar-refractivity contribution in [3.63, 3.8) is 0 Å². The average Bonchev–Trinajstić information content (AvgIpc) is 3.22. The molecule has 0 unspecified atom stereocenters. The number of hydrogen-bond donors (Lipinski definition) is 2. The zero-order valence-corrected chi connectivity index (χ0v) is 17.3. The summed E-state index contributed by atoms with van der Waals surface area (Å²) in [4.78, 5) is 33.8. The van der Waals surface area contributed by atoms with Crippen LogP contribution < -0.4 is 10.1 Å². The molecule has 2 amide bonds. The Bertz CT molecular complexity index is 1210. The number of likely N-dealkylation sites (N-methyl/N-ethyl adjacent to an activating group) is 1. The van der Waals surface area contributed by atoms with Crippen LogP contribution >= 0.6 is 0 Å². The van der Waals surface area contributed by atoms with Crippen LogP contribution in [0.1, 0.15) is 16.8 Å². The van der Waals surface area contributed by atoms with Crippen LogP contribution in [0.5, 0.6) is 5.75 Å². The third kappa shape index (κ3) is 4.66. The normalized spacial score (nSPS) is 10.9. The van der Waals surface area contributed by atoms with Crippen molar-refractivity contribution >= 4 is 33.6 Å². The van der Waals surface area contributed by atoms with E-state index in [9.17, 15) is 9.59 Å². The van der Waals surface area contributed by atoms with Gasteiger partial charge in [0.25, 0.3) is 5.91 Å². The summed E-state index contributed by atoms with van der Waals surface area (Å²) >= 11 is 0. The largest absolute Gasteiger partial charge is 0.491 e. The summed E-state index contributed by atoms with van der Waals surface area (Å²) in [5.41, 5.74) is 2.28. The van der Waals surface area contributed by atoms with Crippen molar-refractivity contribution in [1.82, 2.24) is 20.2 Å². The number of para-hydroxylation sites is 2. The minimum atomic E-state index is -0.206. The molecule has 0 aliphatic rings. The zero-order valence-electron chi connectivity index (χ0n) is 17.3. The van der Waals surface area contributed by atoms with E-state index < -0.39 is 0 Å². The molecule has 0 atom stereocenters. The molecule has 31 heavy (non-hydrogen) atoms. The molecule has 4 aromatic rings. The molecule has 2 N–H and O–H groups in total. The number of carbonyl (C=O) groups excluding carboxylic acids is 2. The van der Waals surface area contributed by atoms with E-state index in [2.05, 4.69) is 15.3 Å². The number of hydrogen-bond acceptors (Lipinski definition) is 4. The van der Waals surface area contributed by atoms with Crippen LogP contribution in [0, 0.1) is 0 Å². The zero-order chi connectivity index (χ0) is 21.6. The third-order valence-corrected chi connectivity index (χ3v) is 5.04. The molecule has 4 rings (SSSR count). The number of pyridine rings is 1. The molecule has 0 saturated heterocycles. The van der Waals surface area contributed by atoms with E-state index in [1.807, 2.05) is 54.6 Å². The first kappa shape index (κ1) is 20.4. The summed E-state index contributed by atoms with van der Waals surface area (Å²) in [6.07, 6.45) is 4.07. The van der Waals surface area contributed by atoms with Crippen molar-refractivity contribution < 1.29 is 14.3 Å². The Labute approximate surface area is 180 Å². The Balaban J connectivity index is 1.22. The molecule has 2 aromatic carbocycles. The smallest absolute Gasteiger partial charge is 0.256 e. The molecule has 0 spiro atoms. The van der Waals surface area contributed by atoms with Gasteiger partial charge in [-0.2, -0.15) is 0 Å². The van der Waals surface area contributed by atoms with Crippen molar-refractivity contribution in [2.75, 3.05) is 26.7 Å². The first-order chi connectivity index (χ1) is 15.1. The number of nitrogens with one attached hydrogen (secondary N) is 2. The highest BCUT2D eigenvalue weighted by molar-refractivity contribution is 6.07. The Morgan fingerprint density at radius 2 is 1.94 bits per heavy atom. The summed E-state index contributed by atoms with van der Waals surface area (Å²) < 4.78 is 5.83. The number of amides is 2. The minimum Gasteiger partial charge on any atom is -0.491 e. The average molecular weight is 416 g/mol. The number of aromatic amines is 1. The van der Waals surface area contributed by atoms with Gasteiger partial charge in [0.15, 0.2) is 0 Å². The second-order valence-electron chi connectivity index (χ2n) is 7.29. The van der Waals surface area contributed by atoms with Crippen molar-refractivity contribution in [3.8, 4) is 5.75 Å². The van der Waals surface area contributed by atoms with Gasteiger partial charge in [-0.1, -0.05) is 36.4 Å². The van der Waals surface area contributed by atoms with Gasteiger partial charge in [0.1, 0.15) is 11.3 Å². The first-order valence-corrected chi connectivity index (χ1v) is 10.2. The number of nitrogens with zero attached hydrogens (tertiary/aromatic N) is 2. The van der Waals surface area contributed by atoms with Crippen LogP contribution in [0.3, 0.4) is 0 Å². The van der Waals surface area contributed by atoms with Crippen molar-refractivity contribution in [3.05, 3.63) is 72.6 Å². The third-order valence-electron chi connectivity index (χ3n) is 5.04. The molecular formula is C24H24N4O3. The molecule has 0 aliphatic heterocycles. The predicted octanol–water partition coefficient (Wildman–Crippen LogP) is 3.37. The number of carbonyl (C=O) groups is 2. The molecule has 2 aromatic heterocycles. The van der Waals surface area contributed by atoms with Crippen LogP contribution in [0.15, 0.2) is 67.0 Å². The Hall–Kier alpha value is -3.87. The lowest BCUT2D eigenvalue weighted by molar-refractivity contribution is -0.121. The van der Waals surface area contributed by atoms with E-state index in [1.54, 1.807) is 19.4 Å². The van der Waals surface area contributed by atoms with Gasteiger partial charge in [0.05, 0.1) is 18.7 Å². The van der Waals surface area contributed by atoms with Gasteiger partial charge in [0, 0.05) is 42.3 Å². The van der Waals surface area contributed by atoms with Gasteiger partial charge in [-0.05, 0) is 24.6 Å². The number of rotatable bonds is 8. The quantitative estimate of drug-likeness (QED) is 0.431. The van der Waals surface area contributed by atoms with Crippen LogP contribution in [-0.4, -0.2) is 53.4 Å². The lowest BCUT2D eigenvalue weighted by atomic mass is 10.1. The fourth-order valence-corrected chi connectivity index (χ4v) is 3.47. The maximum Gasteiger partial charge on any atom is 0.256 e. The van der Waals surface area contributed by atoms with E-state index >= 15 is 0 Å². The van der Waals surface area contributed by atoms with Crippen LogP contribution in [0.4, 0.5) is 0 Å². The summed E-state index contributed by atoms with van der Waals surface area (Å²) in [7, 11) is 1.63. The molecule has 7 nitrogen and oxygen atoms in total. The predicted molar refractivity (Wildman–Crippen MR) is 120 cm³/mol. The standard InChI is InChI=1S/C24H24N4O3/c1-28(24(30)19-15-27-20-10-3-2-9-18(19)20)16-22(29)25-13-6-14-31-21-11-4-7-17-8-5-12-26-23(17)21/h2-5,7-12,15,27H,6,13-14,16H2,1H3,(H,25,29).